The fourth-order valence-corrected chi connectivity index (χ4v) is 15.0. The Kier molecular flexibility index (Phi) is 76.0. The molecule has 105 heavy (non-hydrogen) atoms. The third kappa shape index (κ3) is 78.5. The van der Waals surface area contributed by atoms with Crippen molar-refractivity contribution in [2.45, 2.75) is 477 Å². The Hall–Kier alpha value is -1.94. The van der Waals surface area contributed by atoms with E-state index < -0.39 is 97.5 Å². The predicted molar refractivity (Wildman–Crippen MR) is 432 cm³/mol. The minimum Gasteiger partial charge on any atom is -0.462 e. The minimum atomic E-state index is -4.96. The molecule has 0 aliphatic rings. The van der Waals surface area contributed by atoms with Crippen molar-refractivity contribution in [1.29, 1.82) is 0 Å². The lowest BCUT2D eigenvalue weighted by Crippen LogP contribution is -2.30. The van der Waals surface area contributed by atoms with Crippen LogP contribution in [0.4, 0.5) is 0 Å². The average Bonchev–Trinajstić information content (AvgIpc) is 0.914. The molecule has 0 spiro atoms. The van der Waals surface area contributed by atoms with Gasteiger partial charge in [0.15, 0.2) is 12.2 Å². The van der Waals surface area contributed by atoms with Gasteiger partial charge in [0.25, 0.3) is 0 Å². The van der Waals surface area contributed by atoms with Crippen molar-refractivity contribution in [3.8, 4) is 0 Å². The van der Waals surface area contributed by atoms with E-state index in [1.165, 1.54) is 263 Å². The van der Waals surface area contributed by atoms with Crippen LogP contribution in [0.2, 0.25) is 0 Å². The van der Waals surface area contributed by atoms with E-state index in [1.54, 1.807) is 0 Å². The van der Waals surface area contributed by atoms with E-state index in [9.17, 15) is 43.2 Å². The van der Waals surface area contributed by atoms with Crippen LogP contribution in [0.1, 0.15) is 459 Å². The molecule has 0 aliphatic heterocycles. The van der Waals surface area contributed by atoms with Crippen LogP contribution in [0.5, 0.6) is 0 Å². The van der Waals surface area contributed by atoms with Crippen molar-refractivity contribution in [1.82, 2.24) is 0 Å². The zero-order valence-electron chi connectivity index (χ0n) is 69.0. The Bertz CT molecular complexity index is 2010. The Morgan fingerprint density at radius 1 is 0.276 bits per heavy atom. The number of carbonyl (C=O) groups excluding carboxylic acids is 4. The molecule has 0 rings (SSSR count). The van der Waals surface area contributed by atoms with Gasteiger partial charge in [-0.1, -0.05) is 408 Å². The van der Waals surface area contributed by atoms with Gasteiger partial charge >= 0.3 is 39.5 Å². The molecule has 17 nitrogen and oxygen atoms in total. The molecule has 19 heteroatoms. The Labute approximate surface area is 645 Å². The van der Waals surface area contributed by atoms with Crippen molar-refractivity contribution < 1.29 is 80.2 Å². The minimum absolute atomic E-state index is 0.108. The maximum atomic E-state index is 13.1. The maximum absolute atomic E-state index is 13.1. The number of carbonyl (C=O) groups is 4. The highest BCUT2D eigenvalue weighted by Gasteiger charge is 2.30. The second kappa shape index (κ2) is 77.4. The molecule has 0 saturated carbocycles. The van der Waals surface area contributed by atoms with Gasteiger partial charge in [0.05, 0.1) is 26.4 Å². The summed E-state index contributed by atoms with van der Waals surface area (Å²) >= 11 is 0. The zero-order chi connectivity index (χ0) is 77.1. The highest BCUT2D eigenvalue weighted by atomic mass is 31.2. The van der Waals surface area contributed by atoms with Gasteiger partial charge in [-0.3, -0.25) is 37.3 Å². The van der Waals surface area contributed by atoms with Crippen molar-refractivity contribution in [2.75, 3.05) is 39.6 Å². The molecule has 0 heterocycles. The van der Waals surface area contributed by atoms with Crippen molar-refractivity contribution >= 4 is 39.5 Å². The number of rotatable bonds is 85. The fraction of sp³-hybridized carbons (Fsp3) is 0.953. The van der Waals surface area contributed by atoms with Gasteiger partial charge in [-0.15, -0.1) is 0 Å². The molecule has 624 valence electrons. The molecule has 0 amide bonds. The number of aliphatic hydroxyl groups excluding tert-OH is 1. The van der Waals surface area contributed by atoms with E-state index in [2.05, 4.69) is 41.5 Å². The number of hydrogen-bond acceptors (Lipinski definition) is 15. The molecule has 6 atom stereocenters. The summed E-state index contributed by atoms with van der Waals surface area (Å²) in [5, 5.41) is 10.7. The van der Waals surface area contributed by atoms with Crippen LogP contribution in [-0.2, 0) is 65.4 Å². The third-order valence-electron chi connectivity index (χ3n) is 20.6. The first kappa shape index (κ1) is 103. The second-order valence-electron chi connectivity index (χ2n) is 31.6. The number of unbranched alkanes of at least 4 members (excludes halogenated alkanes) is 54. The maximum Gasteiger partial charge on any atom is 0.472 e. The molecule has 3 N–H and O–H groups in total. The molecule has 0 aromatic carbocycles. The molecular weight excluding hydrogens is 1370 g/mol. The summed E-state index contributed by atoms with van der Waals surface area (Å²) < 4.78 is 68.8. The lowest BCUT2D eigenvalue weighted by Gasteiger charge is -2.21. The van der Waals surface area contributed by atoms with Crippen molar-refractivity contribution in [2.24, 2.45) is 11.8 Å². The van der Waals surface area contributed by atoms with E-state index >= 15 is 0 Å². The Morgan fingerprint density at radius 3 is 0.724 bits per heavy atom. The van der Waals surface area contributed by atoms with Gasteiger partial charge in [-0.2, -0.15) is 0 Å². The first-order valence-corrected chi connectivity index (χ1v) is 47.5. The van der Waals surface area contributed by atoms with Crippen LogP contribution in [0.25, 0.3) is 0 Å². The quantitative estimate of drug-likeness (QED) is 0.0222. The van der Waals surface area contributed by atoms with E-state index in [0.29, 0.717) is 25.7 Å². The standard InChI is InChI=1S/C86H168O17P2/c1-7-10-12-14-16-17-18-19-20-21-22-26-29-35-40-45-51-57-63-69-84(89)97-75-82(103-86(91)71-64-58-52-46-41-36-30-27-24-23-25-28-33-38-43-49-54-60-66-78(4)5)77-101-105(94,95)99-73-80(87)72-98-104(92,93)100-76-81(74-96-83(88)68-62-56-48-15-13-11-8-2)102-85(90)70-65-59-53-47-42-37-32-31-34-39-44-50-55-61-67-79(6)9-3/h78-82,87H,7-77H2,1-6H3,(H,92,93)(H,94,95)/t79?,80-,81+,82+/m0/s1. The zero-order valence-corrected chi connectivity index (χ0v) is 70.8. The van der Waals surface area contributed by atoms with E-state index in [4.69, 9.17) is 37.0 Å². The molecule has 0 aromatic rings. The van der Waals surface area contributed by atoms with Gasteiger partial charge in [0.2, 0.25) is 0 Å². The van der Waals surface area contributed by atoms with E-state index in [0.717, 1.165) is 115 Å². The number of ether oxygens (including phenoxy) is 4. The van der Waals surface area contributed by atoms with Crippen LogP contribution in [0, 0.1) is 11.8 Å². The number of aliphatic hydroxyl groups is 1. The van der Waals surface area contributed by atoms with Crippen LogP contribution < -0.4 is 0 Å². The largest absolute Gasteiger partial charge is 0.472 e. The molecule has 0 aromatic heterocycles. The summed E-state index contributed by atoms with van der Waals surface area (Å²) in [4.78, 5) is 73.1. The SMILES string of the molecule is CCCCCCCCCCCCCCCCCCCCCC(=O)OC[C@H](COP(=O)(O)OC[C@@H](O)COP(=O)(O)OC[C@@H](COC(=O)CCCCCCCCC)OC(=O)CCCCCCCCCCCCCCCCC(C)CC)OC(=O)CCCCCCCCCCCCCCCCCCCCC(C)C. The van der Waals surface area contributed by atoms with Gasteiger partial charge in [-0.05, 0) is 37.5 Å². The molecule has 3 unspecified atom stereocenters. The van der Waals surface area contributed by atoms with Gasteiger partial charge in [0.1, 0.15) is 19.3 Å². The topological polar surface area (TPSA) is 237 Å². The monoisotopic (exact) mass is 1540 g/mol. The lowest BCUT2D eigenvalue weighted by molar-refractivity contribution is -0.161. The lowest BCUT2D eigenvalue weighted by atomic mass is 9.99. The molecular formula is C86H168O17P2. The summed E-state index contributed by atoms with van der Waals surface area (Å²) in [6, 6.07) is 0. The van der Waals surface area contributed by atoms with Gasteiger partial charge in [0, 0.05) is 25.7 Å². The van der Waals surface area contributed by atoms with Crippen LogP contribution in [0.3, 0.4) is 0 Å². The van der Waals surface area contributed by atoms with Gasteiger partial charge in [-0.25, -0.2) is 9.13 Å². The van der Waals surface area contributed by atoms with Crippen LogP contribution in [-0.4, -0.2) is 96.7 Å². The summed E-state index contributed by atoms with van der Waals surface area (Å²) in [5.74, 6) is -0.440. The Balaban J connectivity index is 5.16. The van der Waals surface area contributed by atoms with Gasteiger partial charge < -0.3 is 33.8 Å². The molecule has 0 aliphatic carbocycles. The smallest absolute Gasteiger partial charge is 0.462 e. The van der Waals surface area contributed by atoms with Crippen LogP contribution in [0.15, 0.2) is 0 Å². The molecule has 0 radical (unpaired) electrons. The van der Waals surface area contributed by atoms with Crippen LogP contribution >= 0.6 is 15.6 Å². The summed E-state index contributed by atoms with van der Waals surface area (Å²) in [7, 11) is -9.92. The Morgan fingerprint density at radius 2 is 0.486 bits per heavy atom. The number of phosphoric ester groups is 2. The summed E-state index contributed by atoms with van der Waals surface area (Å²) in [5.41, 5.74) is 0. The average molecular weight is 1540 g/mol. The molecule has 0 saturated heterocycles. The fourth-order valence-electron chi connectivity index (χ4n) is 13.4. The third-order valence-corrected chi connectivity index (χ3v) is 22.5. The number of hydrogen-bond donors (Lipinski definition) is 3. The number of phosphoric acid groups is 2. The molecule has 0 fully saturated rings. The predicted octanol–water partition coefficient (Wildman–Crippen LogP) is 26.2. The first-order chi connectivity index (χ1) is 50.9. The van der Waals surface area contributed by atoms with Crippen molar-refractivity contribution in [3.63, 3.8) is 0 Å². The number of esters is 4. The molecule has 0 bridgehead atoms. The van der Waals surface area contributed by atoms with E-state index in [-0.39, 0.29) is 25.7 Å². The highest BCUT2D eigenvalue weighted by molar-refractivity contribution is 7.47. The highest BCUT2D eigenvalue weighted by Crippen LogP contribution is 2.45. The summed E-state index contributed by atoms with van der Waals surface area (Å²) in [6.07, 6.45) is 69.6. The van der Waals surface area contributed by atoms with E-state index in [1.807, 2.05) is 0 Å². The van der Waals surface area contributed by atoms with Crippen molar-refractivity contribution in [3.05, 3.63) is 0 Å². The second-order valence-corrected chi connectivity index (χ2v) is 34.6. The summed E-state index contributed by atoms with van der Waals surface area (Å²) in [6.45, 7) is 9.72. The first-order valence-electron chi connectivity index (χ1n) is 44.5. The normalized spacial score (nSPS) is 14.1.